The number of methoxy groups -OCH3 is 1. The van der Waals surface area contributed by atoms with Gasteiger partial charge < -0.3 is 25.2 Å². The summed E-state index contributed by atoms with van der Waals surface area (Å²) < 4.78 is 10.4. The molecule has 0 spiro atoms. The summed E-state index contributed by atoms with van der Waals surface area (Å²) in [6.45, 7) is 0.283. The summed E-state index contributed by atoms with van der Waals surface area (Å²) >= 11 is 0. The van der Waals surface area contributed by atoms with Crippen molar-refractivity contribution in [2.75, 3.05) is 19.2 Å². The molecule has 0 aromatic carbocycles. The second-order valence-corrected chi connectivity index (χ2v) is 6.66. The van der Waals surface area contributed by atoms with Crippen molar-refractivity contribution in [1.29, 1.82) is 0 Å². The van der Waals surface area contributed by atoms with E-state index in [0.717, 1.165) is 25.7 Å². The Bertz CT molecular complexity index is 620. The minimum atomic E-state index is -1.30. The molecule has 1 heterocycles. The van der Waals surface area contributed by atoms with Gasteiger partial charge in [-0.25, -0.2) is 0 Å². The van der Waals surface area contributed by atoms with Crippen LogP contribution < -0.4 is 10.6 Å². The third-order valence-electron chi connectivity index (χ3n) is 4.69. The molecule has 0 aliphatic heterocycles. The molecule has 4 N–H and O–H groups in total. The molecule has 2 fully saturated rings. The lowest BCUT2D eigenvalue weighted by atomic mass is 9.93. The van der Waals surface area contributed by atoms with Crippen LogP contribution in [0.25, 0.3) is 0 Å². The van der Waals surface area contributed by atoms with Gasteiger partial charge in [-0.05, 0) is 38.5 Å². The number of nitrogens with zero attached hydrogens (tertiary/aromatic N) is 1. The summed E-state index contributed by atoms with van der Waals surface area (Å²) in [5.41, 5.74) is -0.832. The molecule has 9 nitrogen and oxygen atoms in total. The van der Waals surface area contributed by atoms with Gasteiger partial charge >= 0.3 is 0 Å². The molecule has 25 heavy (non-hydrogen) atoms. The SMILES string of the molecule is COCOC1CCC(NC(=O)c2[nH]ncc2NC(=O)C2(O)CC2)CC1. The number of carbonyl (C=O) groups is 2. The zero-order chi connectivity index (χ0) is 17.9. The van der Waals surface area contributed by atoms with Gasteiger partial charge in [-0.3, -0.25) is 14.7 Å². The number of hydrogen-bond acceptors (Lipinski definition) is 6. The van der Waals surface area contributed by atoms with Gasteiger partial charge in [-0.1, -0.05) is 0 Å². The number of aromatic nitrogens is 2. The van der Waals surface area contributed by atoms with E-state index >= 15 is 0 Å². The summed E-state index contributed by atoms with van der Waals surface area (Å²) in [7, 11) is 1.59. The summed E-state index contributed by atoms with van der Waals surface area (Å²) in [4.78, 5) is 24.4. The first-order chi connectivity index (χ1) is 12.0. The van der Waals surface area contributed by atoms with Crippen molar-refractivity contribution >= 4 is 17.5 Å². The lowest BCUT2D eigenvalue weighted by Crippen LogP contribution is -2.39. The molecule has 0 saturated heterocycles. The minimum Gasteiger partial charge on any atom is -0.380 e. The van der Waals surface area contributed by atoms with Crippen LogP contribution in [0.4, 0.5) is 5.69 Å². The highest BCUT2D eigenvalue weighted by atomic mass is 16.7. The Morgan fingerprint density at radius 2 is 2.08 bits per heavy atom. The smallest absolute Gasteiger partial charge is 0.271 e. The number of H-pyrrole nitrogens is 1. The fraction of sp³-hybridized carbons (Fsp3) is 0.688. The zero-order valence-corrected chi connectivity index (χ0v) is 14.2. The highest BCUT2D eigenvalue weighted by molar-refractivity contribution is 6.05. The Morgan fingerprint density at radius 3 is 2.72 bits per heavy atom. The van der Waals surface area contributed by atoms with Crippen LogP contribution in [-0.4, -0.2) is 58.8 Å². The molecule has 2 saturated carbocycles. The van der Waals surface area contributed by atoms with Gasteiger partial charge in [0.25, 0.3) is 11.8 Å². The number of aliphatic hydroxyl groups is 1. The molecule has 2 amide bonds. The van der Waals surface area contributed by atoms with E-state index < -0.39 is 11.5 Å². The van der Waals surface area contributed by atoms with Crippen molar-refractivity contribution in [3.8, 4) is 0 Å². The quantitative estimate of drug-likeness (QED) is 0.531. The van der Waals surface area contributed by atoms with Crippen molar-refractivity contribution in [3.05, 3.63) is 11.9 Å². The lowest BCUT2D eigenvalue weighted by Gasteiger charge is -2.28. The molecular formula is C16H24N4O5. The first-order valence-electron chi connectivity index (χ1n) is 8.50. The number of hydrogen-bond donors (Lipinski definition) is 4. The molecule has 3 rings (SSSR count). The predicted octanol–water partition coefficient (Wildman–Crippen LogP) is 0.535. The maximum Gasteiger partial charge on any atom is 0.271 e. The van der Waals surface area contributed by atoms with Gasteiger partial charge in [-0.15, -0.1) is 0 Å². The first kappa shape index (κ1) is 17.8. The van der Waals surface area contributed by atoms with Crippen molar-refractivity contribution in [2.45, 2.75) is 56.3 Å². The Kier molecular flexibility index (Phi) is 5.36. The van der Waals surface area contributed by atoms with Gasteiger partial charge in [0.15, 0.2) is 0 Å². The summed E-state index contributed by atoms with van der Waals surface area (Å²) in [6, 6.07) is 0.0503. The molecule has 0 radical (unpaired) electrons. The number of ether oxygens (including phenoxy) is 2. The van der Waals surface area contributed by atoms with E-state index in [4.69, 9.17) is 9.47 Å². The largest absolute Gasteiger partial charge is 0.380 e. The summed E-state index contributed by atoms with van der Waals surface area (Å²) in [5, 5.41) is 21.8. The van der Waals surface area contributed by atoms with E-state index in [9.17, 15) is 14.7 Å². The van der Waals surface area contributed by atoms with Gasteiger partial charge in [0.2, 0.25) is 0 Å². The summed E-state index contributed by atoms with van der Waals surface area (Å²) in [5.74, 6) is -0.824. The maximum absolute atomic E-state index is 12.4. The second kappa shape index (κ2) is 7.51. The van der Waals surface area contributed by atoms with E-state index in [1.54, 1.807) is 7.11 Å². The lowest BCUT2D eigenvalue weighted by molar-refractivity contribution is -0.125. The Hall–Kier alpha value is -1.97. The van der Waals surface area contributed by atoms with Gasteiger partial charge in [0.05, 0.1) is 18.0 Å². The van der Waals surface area contributed by atoms with Crippen LogP contribution in [0, 0.1) is 0 Å². The highest BCUT2D eigenvalue weighted by Crippen LogP contribution is 2.36. The first-order valence-corrected chi connectivity index (χ1v) is 8.50. The van der Waals surface area contributed by atoms with Crippen molar-refractivity contribution < 1.29 is 24.2 Å². The normalized spacial score (nSPS) is 24.6. The molecule has 1 aromatic rings. The van der Waals surface area contributed by atoms with E-state index in [-0.39, 0.29) is 36.2 Å². The van der Waals surface area contributed by atoms with Crippen LogP contribution in [0.3, 0.4) is 0 Å². The molecular weight excluding hydrogens is 328 g/mol. The third-order valence-corrected chi connectivity index (χ3v) is 4.69. The number of aromatic amines is 1. The van der Waals surface area contributed by atoms with Crippen LogP contribution in [0.2, 0.25) is 0 Å². The Labute approximate surface area is 145 Å². The minimum absolute atomic E-state index is 0.0503. The molecule has 2 aliphatic carbocycles. The average Bonchev–Trinajstić information content (AvgIpc) is 3.19. The molecule has 138 valence electrons. The van der Waals surface area contributed by atoms with E-state index in [1.165, 1.54) is 6.20 Å². The Balaban J connectivity index is 1.51. The molecule has 2 aliphatic rings. The fourth-order valence-corrected chi connectivity index (χ4v) is 2.93. The van der Waals surface area contributed by atoms with Gasteiger partial charge in [0, 0.05) is 13.2 Å². The highest BCUT2D eigenvalue weighted by Gasteiger charge is 2.48. The number of anilines is 1. The molecule has 0 atom stereocenters. The van der Waals surface area contributed by atoms with E-state index in [0.29, 0.717) is 12.8 Å². The Morgan fingerprint density at radius 1 is 1.36 bits per heavy atom. The van der Waals surface area contributed by atoms with Crippen LogP contribution in [0.5, 0.6) is 0 Å². The number of carbonyl (C=O) groups excluding carboxylic acids is 2. The van der Waals surface area contributed by atoms with Crippen LogP contribution in [0.1, 0.15) is 49.0 Å². The standard InChI is InChI=1S/C16H24N4O5/c1-24-9-25-11-4-2-10(3-5-11)18-14(21)13-12(8-17-20-13)19-15(22)16(23)6-7-16/h8,10-11,23H,2-7,9H2,1H3,(H,17,20)(H,18,21)(H,19,22). The van der Waals surface area contributed by atoms with Gasteiger partial charge in [-0.2, -0.15) is 5.10 Å². The van der Waals surface area contributed by atoms with Gasteiger partial charge in [0.1, 0.15) is 18.1 Å². The molecule has 9 heteroatoms. The second-order valence-electron chi connectivity index (χ2n) is 6.66. The monoisotopic (exact) mass is 352 g/mol. The van der Waals surface area contributed by atoms with Crippen molar-refractivity contribution in [2.24, 2.45) is 0 Å². The van der Waals surface area contributed by atoms with Crippen LogP contribution in [-0.2, 0) is 14.3 Å². The number of nitrogens with one attached hydrogen (secondary N) is 3. The van der Waals surface area contributed by atoms with E-state index in [2.05, 4.69) is 20.8 Å². The van der Waals surface area contributed by atoms with Crippen molar-refractivity contribution in [1.82, 2.24) is 15.5 Å². The molecule has 0 unspecified atom stereocenters. The predicted molar refractivity (Wildman–Crippen MR) is 87.9 cm³/mol. The molecule has 0 bridgehead atoms. The van der Waals surface area contributed by atoms with E-state index in [1.807, 2.05) is 0 Å². The number of amides is 2. The topological polar surface area (TPSA) is 126 Å². The fourth-order valence-electron chi connectivity index (χ4n) is 2.93. The summed E-state index contributed by atoms with van der Waals surface area (Å²) in [6.07, 6.45) is 5.75. The maximum atomic E-state index is 12.4. The van der Waals surface area contributed by atoms with Crippen LogP contribution >= 0.6 is 0 Å². The third kappa shape index (κ3) is 4.36. The average molecular weight is 352 g/mol. The van der Waals surface area contributed by atoms with Crippen LogP contribution in [0.15, 0.2) is 6.20 Å². The number of rotatable bonds is 7. The molecule has 1 aromatic heterocycles. The zero-order valence-electron chi connectivity index (χ0n) is 14.2. The van der Waals surface area contributed by atoms with Crippen molar-refractivity contribution in [3.63, 3.8) is 0 Å².